The lowest BCUT2D eigenvalue weighted by atomic mass is 10.1. The third-order valence-electron chi connectivity index (χ3n) is 3.36. The van der Waals surface area contributed by atoms with Crippen molar-refractivity contribution in [3.05, 3.63) is 59.2 Å². The van der Waals surface area contributed by atoms with Crippen LogP contribution in [0.3, 0.4) is 0 Å². The van der Waals surface area contributed by atoms with Crippen LogP contribution < -0.4 is 10.1 Å². The molecule has 0 unspecified atom stereocenters. The summed E-state index contributed by atoms with van der Waals surface area (Å²) in [6.45, 7) is 4.44. The molecule has 4 nitrogen and oxygen atoms in total. The Morgan fingerprint density at radius 2 is 1.82 bits per heavy atom. The van der Waals surface area contributed by atoms with Crippen LogP contribution in [0.1, 0.15) is 23.6 Å². The van der Waals surface area contributed by atoms with Gasteiger partial charge < -0.3 is 15.2 Å². The SMILES string of the molecule is CCOc1ccc(CC(=O)Nc2cc(CO)ccc2C)cc1. The monoisotopic (exact) mass is 299 g/mol. The highest BCUT2D eigenvalue weighted by Crippen LogP contribution is 2.18. The van der Waals surface area contributed by atoms with Gasteiger partial charge in [0.05, 0.1) is 19.6 Å². The van der Waals surface area contributed by atoms with Gasteiger partial charge in [0.15, 0.2) is 0 Å². The number of benzene rings is 2. The quantitative estimate of drug-likeness (QED) is 0.862. The van der Waals surface area contributed by atoms with E-state index in [-0.39, 0.29) is 12.5 Å². The first-order valence-corrected chi connectivity index (χ1v) is 7.34. The number of anilines is 1. The van der Waals surface area contributed by atoms with Crippen LogP contribution in [0, 0.1) is 6.92 Å². The van der Waals surface area contributed by atoms with Crippen LogP contribution in [0.2, 0.25) is 0 Å². The van der Waals surface area contributed by atoms with E-state index in [0.717, 1.165) is 28.1 Å². The van der Waals surface area contributed by atoms with Crippen LogP contribution in [0.25, 0.3) is 0 Å². The fourth-order valence-electron chi connectivity index (χ4n) is 2.15. The predicted octanol–water partition coefficient (Wildman–Crippen LogP) is 3.07. The Morgan fingerprint density at radius 3 is 2.45 bits per heavy atom. The number of carbonyl (C=O) groups is 1. The van der Waals surface area contributed by atoms with Crippen LogP contribution in [-0.4, -0.2) is 17.6 Å². The standard InChI is InChI=1S/C18H21NO3/c1-3-22-16-8-6-14(7-9-16)11-18(21)19-17-10-15(12-20)5-4-13(17)2/h4-10,20H,3,11-12H2,1-2H3,(H,19,21). The van der Waals surface area contributed by atoms with E-state index >= 15 is 0 Å². The minimum Gasteiger partial charge on any atom is -0.494 e. The number of carbonyl (C=O) groups excluding carboxylic acids is 1. The fraction of sp³-hybridized carbons (Fsp3) is 0.278. The van der Waals surface area contributed by atoms with Crippen LogP contribution in [0.15, 0.2) is 42.5 Å². The Bertz CT molecular complexity index is 635. The third kappa shape index (κ3) is 4.33. The number of ether oxygens (including phenoxy) is 1. The van der Waals surface area contributed by atoms with Crippen molar-refractivity contribution in [3.8, 4) is 5.75 Å². The Labute approximate surface area is 130 Å². The van der Waals surface area contributed by atoms with E-state index in [1.54, 1.807) is 6.07 Å². The molecule has 116 valence electrons. The van der Waals surface area contributed by atoms with E-state index in [9.17, 15) is 4.79 Å². The van der Waals surface area contributed by atoms with Gasteiger partial charge in [0.2, 0.25) is 5.91 Å². The molecule has 2 aromatic carbocycles. The summed E-state index contributed by atoms with van der Waals surface area (Å²) in [7, 11) is 0. The molecule has 0 saturated carbocycles. The van der Waals surface area contributed by atoms with Crippen molar-refractivity contribution in [3.63, 3.8) is 0 Å². The van der Waals surface area contributed by atoms with Crippen molar-refractivity contribution < 1.29 is 14.6 Å². The predicted molar refractivity (Wildman–Crippen MR) is 87.0 cm³/mol. The van der Waals surface area contributed by atoms with Gasteiger partial charge in [-0.2, -0.15) is 0 Å². The van der Waals surface area contributed by atoms with Gasteiger partial charge in [0.25, 0.3) is 0 Å². The number of amides is 1. The lowest BCUT2D eigenvalue weighted by Gasteiger charge is -2.10. The van der Waals surface area contributed by atoms with Crippen molar-refractivity contribution in [2.45, 2.75) is 26.9 Å². The number of rotatable bonds is 6. The average Bonchev–Trinajstić information content (AvgIpc) is 2.51. The molecule has 0 spiro atoms. The van der Waals surface area contributed by atoms with E-state index < -0.39 is 0 Å². The minimum absolute atomic E-state index is 0.0396. The molecule has 2 aromatic rings. The molecule has 0 aliphatic rings. The van der Waals surface area contributed by atoms with Gasteiger partial charge >= 0.3 is 0 Å². The van der Waals surface area contributed by atoms with E-state index in [1.165, 1.54) is 0 Å². The molecule has 2 N–H and O–H groups in total. The topological polar surface area (TPSA) is 58.6 Å². The highest BCUT2D eigenvalue weighted by molar-refractivity contribution is 5.93. The summed E-state index contributed by atoms with van der Waals surface area (Å²) in [6, 6.07) is 13.0. The fourth-order valence-corrected chi connectivity index (χ4v) is 2.15. The van der Waals surface area contributed by atoms with Crippen molar-refractivity contribution in [1.82, 2.24) is 0 Å². The zero-order valence-electron chi connectivity index (χ0n) is 12.9. The maximum atomic E-state index is 12.1. The largest absolute Gasteiger partial charge is 0.494 e. The van der Waals surface area contributed by atoms with Gasteiger partial charge in [-0.1, -0.05) is 24.3 Å². The zero-order chi connectivity index (χ0) is 15.9. The van der Waals surface area contributed by atoms with E-state index in [0.29, 0.717) is 13.0 Å². The second-order valence-electron chi connectivity index (χ2n) is 5.11. The van der Waals surface area contributed by atoms with Crippen LogP contribution >= 0.6 is 0 Å². The molecule has 0 radical (unpaired) electrons. The summed E-state index contributed by atoms with van der Waals surface area (Å²) in [5.74, 6) is 0.723. The maximum Gasteiger partial charge on any atom is 0.228 e. The Kier molecular flexibility index (Phi) is 5.55. The van der Waals surface area contributed by atoms with Gasteiger partial charge in [-0.25, -0.2) is 0 Å². The number of aliphatic hydroxyl groups excluding tert-OH is 1. The molecule has 2 rings (SSSR count). The van der Waals surface area contributed by atoms with Gasteiger partial charge in [-0.3, -0.25) is 4.79 Å². The van der Waals surface area contributed by atoms with Gasteiger partial charge in [0, 0.05) is 5.69 Å². The summed E-state index contributed by atoms with van der Waals surface area (Å²) >= 11 is 0. The van der Waals surface area contributed by atoms with Crippen LogP contribution in [0.5, 0.6) is 5.75 Å². The molecular weight excluding hydrogens is 278 g/mol. The molecule has 22 heavy (non-hydrogen) atoms. The molecule has 0 bridgehead atoms. The van der Waals surface area contributed by atoms with Gasteiger partial charge in [-0.15, -0.1) is 0 Å². The van der Waals surface area contributed by atoms with Crippen molar-refractivity contribution >= 4 is 11.6 Å². The summed E-state index contributed by atoms with van der Waals surface area (Å²) in [4.78, 5) is 12.1. The van der Waals surface area contributed by atoms with Gasteiger partial charge in [0.1, 0.15) is 5.75 Å². The first kappa shape index (κ1) is 16.0. The van der Waals surface area contributed by atoms with Crippen LogP contribution in [0.4, 0.5) is 5.69 Å². The highest BCUT2D eigenvalue weighted by Gasteiger charge is 2.07. The zero-order valence-corrected chi connectivity index (χ0v) is 12.9. The minimum atomic E-state index is -0.0812. The summed E-state index contributed by atoms with van der Waals surface area (Å²) < 4.78 is 5.38. The summed E-state index contributed by atoms with van der Waals surface area (Å²) in [5, 5.41) is 12.1. The van der Waals surface area contributed by atoms with E-state index in [1.807, 2.05) is 50.2 Å². The molecule has 0 fully saturated rings. The maximum absolute atomic E-state index is 12.1. The Balaban J connectivity index is 2.00. The molecule has 1 amide bonds. The Morgan fingerprint density at radius 1 is 1.14 bits per heavy atom. The number of nitrogens with one attached hydrogen (secondary N) is 1. The first-order chi connectivity index (χ1) is 10.6. The second kappa shape index (κ2) is 7.61. The van der Waals surface area contributed by atoms with Crippen molar-refractivity contribution in [1.29, 1.82) is 0 Å². The smallest absolute Gasteiger partial charge is 0.228 e. The summed E-state index contributed by atoms with van der Waals surface area (Å²) in [6.07, 6.45) is 0.301. The average molecular weight is 299 g/mol. The summed E-state index contributed by atoms with van der Waals surface area (Å²) in [5.41, 5.74) is 3.42. The third-order valence-corrected chi connectivity index (χ3v) is 3.36. The van der Waals surface area contributed by atoms with Crippen LogP contribution in [-0.2, 0) is 17.8 Å². The molecule has 0 aliphatic carbocycles. The lowest BCUT2D eigenvalue weighted by molar-refractivity contribution is -0.115. The normalized spacial score (nSPS) is 10.3. The number of aryl methyl sites for hydroxylation is 1. The molecule has 0 aliphatic heterocycles. The molecule has 0 saturated heterocycles. The van der Waals surface area contributed by atoms with Crippen molar-refractivity contribution in [2.75, 3.05) is 11.9 Å². The second-order valence-corrected chi connectivity index (χ2v) is 5.11. The van der Waals surface area contributed by atoms with Gasteiger partial charge in [-0.05, 0) is 48.7 Å². The van der Waals surface area contributed by atoms with Crippen molar-refractivity contribution in [2.24, 2.45) is 0 Å². The highest BCUT2D eigenvalue weighted by atomic mass is 16.5. The number of hydrogen-bond donors (Lipinski definition) is 2. The van der Waals surface area contributed by atoms with E-state index in [4.69, 9.17) is 9.84 Å². The molecule has 0 atom stereocenters. The molecule has 0 aromatic heterocycles. The lowest BCUT2D eigenvalue weighted by Crippen LogP contribution is -2.15. The first-order valence-electron chi connectivity index (χ1n) is 7.34. The molecule has 0 heterocycles. The Hall–Kier alpha value is -2.33. The molecule has 4 heteroatoms. The number of hydrogen-bond acceptors (Lipinski definition) is 3. The number of aliphatic hydroxyl groups is 1. The molecular formula is C18H21NO3. The van der Waals surface area contributed by atoms with E-state index in [2.05, 4.69) is 5.32 Å².